The third-order valence-electron chi connectivity index (χ3n) is 3.48. The van der Waals surface area contributed by atoms with E-state index in [1.807, 2.05) is 18.2 Å². The molecular weight excluding hydrogens is 310 g/mol. The number of benzene rings is 1. The molecule has 0 atom stereocenters. The molecule has 122 valence electrons. The predicted octanol–water partition coefficient (Wildman–Crippen LogP) is 2.36. The highest BCUT2D eigenvalue weighted by Crippen LogP contribution is 2.22. The molecule has 0 fully saturated rings. The minimum atomic E-state index is -1.04. The Kier molecular flexibility index (Phi) is 4.15. The molecule has 2 N–H and O–H groups in total. The van der Waals surface area contributed by atoms with Crippen LogP contribution in [0.3, 0.4) is 0 Å². The van der Waals surface area contributed by atoms with E-state index in [1.54, 1.807) is 35.8 Å². The molecule has 0 aliphatic rings. The van der Waals surface area contributed by atoms with E-state index in [4.69, 9.17) is 9.84 Å². The maximum Gasteiger partial charge on any atom is 0.341 e. The number of carbonyl (C=O) groups excluding carboxylic acids is 1. The van der Waals surface area contributed by atoms with Crippen molar-refractivity contribution in [2.24, 2.45) is 0 Å². The highest BCUT2D eigenvalue weighted by Gasteiger charge is 2.13. The average molecular weight is 325 g/mol. The van der Waals surface area contributed by atoms with Gasteiger partial charge in [0, 0.05) is 11.9 Å². The monoisotopic (exact) mass is 325 g/mol. The first-order chi connectivity index (χ1) is 11.5. The van der Waals surface area contributed by atoms with Crippen molar-refractivity contribution < 1.29 is 19.4 Å². The second-order valence-corrected chi connectivity index (χ2v) is 5.20. The zero-order valence-corrected chi connectivity index (χ0v) is 12.9. The summed E-state index contributed by atoms with van der Waals surface area (Å²) in [6.07, 6.45) is 3.29. The van der Waals surface area contributed by atoms with Gasteiger partial charge < -0.3 is 15.2 Å². The lowest BCUT2D eigenvalue weighted by atomic mass is 10.1. The first kappa shape index (κ1) is 15.5. The Balaban J connectivity index is 1.78. The third kappa shape index (κ3) is 3.19. The molecule has 0 bridgehead atoms. The number of nitrogens with zero attached hydrogens (tertiary/aromatic N) is 2. The van der Waals surface area contributed by atoms with Gasteiger partial charge in [-0.25, -0.2) is 9.31 Å². The predicted molar refractivity (Wildman–Crippen MR) is 87.5 cm³/mol. The maximum absolute atomic E-state index is 12.5. The molecule has 3 rings (SSSR count). The Hall–Kier alpha value is -3.35. The van der Waals surface area contributed by atoms with E-state index < -0.39 is 12.6 Å². The fourth-order valence-corrected chi connectivity index (χ4v) is 2.31. The van der Waals surface area contributed by atoms with Crippen LogP contribution in [0.5, 0.6) is 5.75 Å². The first-order valence-corrected chi connectivity index (χ1v) is 7.23. The van der Waals surface area contributed by atoms with Crippen LogP contribution in [0.25, 0.3) is 5.52 Å². The van der Waals surface area contributed by atoms with E-state index in [0.29, 0.717) is 22.5 Å². The summed E-state index contributed by atoms with van der Waals surface area (Å²) in [5.74, 6) is -0.875. The number of carboxylic acid groups (broad SMARTS) is 1. The van der Waals surface area contributed by atoms with Crippen molar-refractivity contribution >= 4 is 23.1 Å². The number of hydrogen-bond acceptors (Lipinski definition) is 4. The van der Waals surface area contributed by atoms with Gasteiger partial charge in [0.1, 0.15) is 5.75 Å². The molecule has 2 aromatic heterocycles. The maximum atomic E-state index is 12.5. The van der Waals surface area contributed by atoms with E-state index in [2.05, 4.69) is 10.4 Å². The summed E-state index contributed by atoms with van der Waals surface area (Å²) in [7, 11) is 0. The molecule has 7 nitrogen and oxygen atoms in total. The van der Waals surface area contributed by atoms with Gasteiger partial charge in [-0.2, -0.15) is 5.10 Å². The molecule has 0 unspecified atom stereocenters. The van der Waals surface area contributed by atoms with Crippen molar-refractivity contribution in [3.05, 3.63) is 59.9 Å². The molecule has 0 radical (unpaired) electrons. The molecule has 7 heteroatoms. The van der Waals surface area contributed by atoms with Crippen LogP contribution in [0, 0.1) is 6.92 Å². The number of fused-ring (bicyclic) bond motifs is 1. The van der Waals surface area contributed by atoms with Crippen molar-refractivity contribution in [2.75, 3.05) is 11.9 Å². The first-order valence-electron chi connectivity index (χ1n) is 7.23. The van der Waals surface area contributed by atoms with E-state index in [9.17, 15) is 9.59 Å². The normalized spacial score (nSPS) is 10.5. The lowest BCUT2D eigenvalue weighted by Gasteiger charge is -2.10. The minimum absolute atomic E-state index is 0.265. The van der Waals surface area contributed by atoms with E-state index >= 15 is 0 Å². The van der Waals surface area contributed by atoms with Gasteiger partial charge in [0.2, 0.25) is 0 Å². The molecule has 1 aromatic carbocycles. The van der Waals surface area contributed by atoms with Gasteiger partial charge in [0.05, 0.1) is 17.3 Å². The fraction of sp³-hybridized carbons (Fsp3) is 0.118. The van der Waals surface area contributed by atoms with Gasteiger partial charge in [0.25, 0.3) is 5.91 Å². The number of nitrogens with one attached hydrogen (secondary N) is 1. The number of aryl methyl sites for hydroxylation is 1. The number of carbonyl (C=O) groups is 2. The molecule has 3 aromatic rings. The number of rotatable bonds is 5. The second-order valence-electron chi connectivity index (χ2n) is 5.20. The fourth-order valence-electron chi connectivity index (χ4n) is 2.31. The van der Waals surface area contributed by atoms with Crippen LogP contribution < -0.4 is 10.1 Å². The minimum Gasteiger partial charge on any atom is -0.482 e. The Bertz CT molecular complexity index is 917. The number of aromatic nitrogens is 2. The summed E-state index contributed by atoms with van der Waals surface area (Å²) < 4.78 is 6.74. The smallest absolute Gasteiger partial charge is 0.341 e. The third-order valence-corrected chi connectivity index (χ3v) is 3.48. The quantitative estimate of drug-likeness (QED) is 0.751. The average Bonchev–Trinajstić information content (AvgIpc) is 2.99. The number of anilines is 1. The van der Waals surface area contributed by atoms with Crippen molar-refractivity contribution in [3.8, 4) is 5.75 Å². The van der Waals surface area contributed by atoms with Gasteiger partial charge in [-0.3, -0.25) is 4.79 Å². The lowest BCUT2D eigenvalue weighted by Crippen LogP contribution is -2.13. The van der Waals surface area contributed by atoms with Gasteiger partial charge in [-0.15, -0.1) is 0 Å². The van der Waals surface area contributed by atoms with Crippen LogP contribution in [0.15, 0.2) is 48.8 Å². The Labute approximate surface area is 137 Å². The second kappa shape index (κ2) is 6.41. The number of ether oxygens (including phenoxy) is 1. The number of amides is 1. The highest BCUT2D eigenvalue weighted by atomic mass is 16.5. The van der Waals surface area contributed by atoms with Crippen molar-refractivity contribution in [3.63, 3.8) is 0 Å². The Morgan fingerprint density at radius 3 is 2.88 bits per heavy atom. The molecule has 0 saturated carbocycles. The van der Waals surface area contributed by atoms with Gasteiger partial charge >= 0.3 is 5.97 Å². The highest BCUT2D eigenvalue weighted by molar-refractivity contribution is 6.09. The molecule has 24 heavy (non-hydrogen) atoms. The van der Waals surface area contributed by atoms with Gasteiger partial charge in [-0.05, 0) is 42.8 Å². The van der Waals surface area contributed by atoms with E-state index in [1.165, 1.54) is 6.20 Å². The summed E-state index contributed by atoms with van der Waals surface area (Å²) in [6, 6.07) is 10.5. The number of aliphatic carboxylic acids is 1. The number of carboxylic acids is 1. The molecule has 0 saturated heterocycles. The van der Waals surface area contributed by atoms with Crippen LogP contribution in [0.1, 0.15) is 15.9 Å². The van der Waals surface area contributed by atoms with Crippen molar-refractivity contribution in [1.82, 2.24) is 9.61 Å². The molecular formula is C17H15N3O4. The Morgan fingerprint density at radius 2 is 2.12 bits per heavy atom. The molecule has 0 aliphatic heterocycles. The van der Waals surface area contributed by atoms with Crippen LogP contribution in [-0.2, 0) is 4.79 Å². The summed E-state index contributed by atoms with van der Waals surface area (Å²) in [5.41, 5.74) is 2.58. The van der Waals surface area contributed by atoms with E-state index in [-0.39, 0.29) is 5.91 Å². The largest absolute Gasteiger partial charge is 0.482 e. The summed E-state index contributed by atoms with van der Waals surface area (Å²) in [6.45, 7) is 1.40. The van der Waals surface area contributed by atoms with Gasteiger partial charge in [0.15, 0.2) is 6.61 Å². The van der Waals surface area contributed by atoms with Gasteiger partial charge in [-0.1, -0.05) is 6.07 Å². The topological polar surface area (TPSA) is 92.9 Å². The Morgan fingerprint density at radius 1 is 1.29 bits per heavy atom. The summed E-state index contributed by atoms with van der Waals surface area (Å²) in [5, 5.41) is 15.6. The van der Waals surface area contributed by atoms with Crippen molar-refractivity contribution in [1.29, 1.82) is 0 Å². The molecule has 2 heterocycles. The SMILES string of the molecule is Cc1cc(OCC(=O)O)ccc1NC(=O)c1cnn2ccccc12. The number of pyridine rings is 1. The summed E-state index contributed by atoms with van der Waals surface area (Å²) >= 11 is 0. The number of hydrogen-bond donors (Lipinski definition) is 2. The zero-order valence-electron chi connectivity index (χ0n) is 12.9. The molecule has 1 amide bonds. The zero-order chi connectivity index (χ0) is 17.1. The van der Waals surface area contributed by atoms with Crippen LogP contribution in [-0.4, -0.2) is 33.2 Å². The van der Waals surface area contributed by atoms with E-state index in [0.717, 1.165) is 5.56 Å². The van der Waals surface area contributed by atoms with Crippen LogP contribution >= 0.6 is 0 Å². The van der Waals surface area contributed by atoms with Crippen molar-refractivity contribution in [2.45, 2.75) is 6.92 Å². The van der Waals surface area contributed by atoms with Crippen LogP contribution in [0.2, 0.25) is 0 Å². The molecule has 0 spiro atoms. The standard InChI is InChI=1S/C17H15N3O4/c1-11-8-12(24-10-16(21)22)5-6-14(11)19-17(23)13-9-18-20-7-3-2-4-15(13)20/h2-9H,10H2,1H3,(H,19,23)(H,21,22). The van der Waals surface area contributed by atoms with Crippen LogP contribution in [0.4, 0.5) is 5.69 Å². The summed E-state index contributed by atoms with van der Waals surface area (Å²) in [4.78, 5) is 23.0. The lowest BCUT2D eigenvalue weighted by molar-refractivity contribution is -0.139. The molecule has 0 aliphatic carbocycles.